The van der Waals surface area contributed by atoms with Gasteiger partial charge in [-0.25, -0.2) is 9.38 Å². The molecule has 0 bridgehead atoms. The molecule has 0 aliphatic rings. The molecule has 146 valence electrons. The fraction of sp³-hybridized carbons (Fsp3) is 0.286. The predicted octanol–water partition coefficient (Wildman–Crippen LogP) is 2.74. The highest BCUT2D eigenvalue weighted by molar-refractivity contribution is 5.79. The zero-order valence-electron chi connectivity index (χ0n) is 16.2. The van der Waals surface area contributed by atoms with Crippen LogP contribution >= 0.6 is 0 Å². The maximum absolute atomic E-state index is 13.0. The molecule has 2 N–H and O–H groups in total. The summed E-state index contributed by atoms with van der Waals surface area (Å²) in [5, 5.41) is 14.9. The molecular weight excluding hydrogens is 355 g/mol. The minimum atomic E-state index is -0.220. The number of aliphatic imine (C=N–C) groups is 1. The molecule has 0 aliphatic heterocycles. The Kier molecular flexibility index (Phi) is 6.73. The van der Waals surface area contributed by atoms with Gasteiger partial charge < -0.3 is 15.2 Å². The van der Waals surface area contributed by atoms with E-state index in [1.807, 2.05) is 48.9 Å². The van der Waals surface area contributed by atoms with Gasteiger partial charge in [0.05, 0.1) is 13.1 Å². The quantitative estimate of drug-likeness (QED) is 0.489. The van der Waals surface area contributed by atoms with E-state index in [1.165, 1.54) is 12.1 Å². The monoisotopic (exact) mass is 380 g/mol. The Labute approximate surface area is 164 Å². The van der Waals surface area contributed by atoms with Crippen LogP contribution in [0.25, 0.3) is 0 Å². The maximum atomic E-state index is 13.0. The van der Waals surface area contributed by atoms with Crippen LogP contribution in [0.15, 0.2) is 59.6 Å². The number of halogens is 1. The number of hydrogen-bond acceptors (Lipinski definition) is 3. The lowest BCUT2D eigenvalue weighted by atomic mass is 10.1. The Morgan fingerprint density at radius 2 is 1.75 bits per heavy atom. The number of nitrogens with one attached hydrogen (secondary N) is 2. The molecular formula is C21H25FN6. The highest BCUT2D eigenvalue weighted by Gasteiger charge is 2.06. The topological polar surface area (TPSA) is 67.1 Å². The molecule has 6 nitrogen and oxygen atoms in total. The van der Waals surface area contributed by atoms with E-state index < -0.39 is 0 Å². The molecule has 0 amide bonds. The van der Waals surface area contributed by atoms with Gasteiger partial charge in [-0.2, -0.15) is 0 Å². The lowest BCUT2D eigenvalue weighted by Gasteiger charge is -2.13. The molecule has 0 radical (unpaired) electrons. The van der Waals surface area contributed by atoms with Gasteiger partial charge >= 0.3 is 0 Å². The first-order chi connectivity index (χ1) is 13.6. The van der Waals surface area contributed by atoms with Crippen molar-refractivity contribution in [3.8, 4) is 0 Å². The van der Waals surface area contributed by atoms with Gasteiger partial charge in [0.1, 0.15) is 11.6 Å². The summed E-state index contributed by atoms with van der Waals surface area (Å²) < 4.78 is 15.0. The molecule has 2 aromatic carbocycles. The van der Waals surface area contributed by atoms with Crippen LogP contribution in [0.2, 0.25) is 0 Å². The van der Waals surface area contributed by atoms with Crippen LogP contribution in [0.3, 0.4) is 0 Å². The lowest BCUT2D eigenvalue weighted by Crippen LogP contribution is -2.38. The fourth-order valence-corrected chi connectivity index (χ4v) is 2.67. The largest absolute Gasteiger partial charge is 0.356 e. The normalized spacial score (nSPS) is 11.5. The zero-order chi connectivity index (χ0) is 19.8. The number of aryl methyl sites for hydroxylation is 1. The van der Waals surface area contributed by atoms with Crippen molar-refractivity contribution < 1.29 is 4.39 Å². The van der Waals surface area contributed by atoms with Gasteiger partial charge in [-0.3, -0.25) is 0 Å². The Morgan fingerprint density at radius 3 is 2.43 bits per heavy atom. The predicted molar refractivity (Wildman–Crippen MR) is 108 cm³/mol. The molecule has 0 spiro atoms. The average Bonchev–Trinajstić information content (AvgIpc) is 3.04. The molecule has 28 heavy (non-hydrogen) atoms. The molecule has 0 saturated heterocycles. The van der Waals surface area contributed by atoms with Crippen LogP contribution in [0.4, 0.5) is 4.39 Å². The molecule has 1 heterocycles. The molecule has 3 rings (SSSR count). The van der Waals surface area contributed by atoms with Crippen molar-refractivity contribution in [1.29, 1.82) is 0 Å². The van der Waals surface area contributed by atoms with E-state index >= 15 is 0 Å². The van der Waals surface area contributed by atoms with E-state index in [9.17, 15) is 4.39 Å². The van der Waals surface area contributed by atoms with Gasteiger partial charge in [0.15, 0.2) is 11.8 Å². The van der Waals surface area contributed by atoms with Gasteiger partial charge in [0.2, 0.25) is 0 Å². The van der Waals surface area contributed by atoms with Crippen molar-refractivity contribution in [2.75, 3.05) is 6.54 Å². The van der Waals surface area contributed by atoms with Crippen LogP contribution in [0.1, 0.15) is 22.8 Å². The van der Waals surface area contributed by atoms with E-state index in [0.29, 0.717) is 25.6 Å². The van der Waals surface area contributed by atoms with Gasteiger partial charge in [0, 0.05) is 13.6 Å². The number of guanidine groups is 1. The van der Waals surface area contributed by atoms with E-state index in [4.69, 9.17) is 0 Å². The standard InChI is InChI=1S/C21H25FN6/c1-16-26-27-20(28(16)2)15-25-21(24-14-18-6-4-3-5-7-18)23-13-12-17-8-10-19(22)11-9-17/h3-11H,12-15H2,1-2H3,(H2,23,24,25). The molecule has 1 aromatic heterocycles. The van der Waals surface area contributed by atoms with Crippen LogP contribution in [0, 0.1) is 12.7 Å². The second-order valence-corrected chi connectivity index (χ2v) is 6.53. The van der Waals surface area contributed by atoms with Crippen LogP contribution < -0.4 is 10.6 Å². The smallest absolute Gasteiger partial charge is 0.191 e. The third kappa shape index (κ3) is 5.64. The molecule has 0 atom stereocenters. The van der Waals surface area contributed by atoms with Crippen molar-refractivity contribution >= 4 is 5.96 Å². The molecule has 0 aliphatic carbocycles. The Hall–Kier alpha value is -3.22. The first-order valence-electron chi connectivity index (χ1n) is 9.27. The van der Waals surface area contributed by atoms with E-state index in [2.05, 4.69) is 25.8 Å². The van der Waals surface area contributed by atoms with Gasteiger partial charge in [-0.05, 0) is 36.6 Å². The van der Waals surface area contributed by atoms with E-state index in [0.717, 1.165) is 29.2 Å². The van der Waals surface area contributed by atoms with Crippen LogP contribution in [-0.2, 0) is 26.6 Å². The summed E-state index contributed by atoms with van der Waals surface area (Å²) in [5.74, 6) is 2.18. The van der Waals surface area contributed by atoms with Crippen molar-refractivity contribution in [2.24, 2.45) is 12.0 Å². The second-order valence-electron chi connectivity index (χ2n) is 6.53. The zero-order valence-corrected chi connectivity index (χ0v) is 16.2. The number of rotatable bonds is 7. The highest BCUT2D eigenvalue weighted by Crippen LogP contribution is 2.03. The third-order valence-corrected chi connectivity index (χ3v) is 4.48. The van der Waals surface area contributed by atoms with Crippen molar-refractivity contribution in [2.45, 2.75) is 26.4 Å². The third-order valence-electron chi connectivity index (χ3n) is 4.48. The number of hydrogen-bond donors (Lipinski definition) is 2. The molecule has 0 unspecified atom stereocenters. The Balaban J connectivity index is 1.61. The molecule has 0 fully saturated rings. The van der Waals surface area contributed by atoms with E-state index in [-0.39, 0.29) is 5.82 Å². The summed E-state index contributed by atoms with van der Waals surface area (Å²) in [6.07, 6.45) is 0.773. The van der Waals surface area contributed by atoms with Gasteiger partial charge in [0.25, 0.3) is 0 Å². The summed E-state index contributed by atoms with van der Waals surface area (Å²) >= 11 is 0. The van der Waals surface area contributed by atoms with Gasteiger partial charge in [-0.15, -0.1) is 10.2 Å². The summed E-state index contributed by atoms with van der Waals surface area (Å²) in [6.45, 7) is 3.70. The Bertz CT molecular complexity index is 902. The number of aromatic nitrogens is 3. The molecule has 3 aromatic rings. The van der Waals surface area contributed by atoms with Crippen LogP contribution in [-0.4, -0.2) is 27.3 Å². The minimum Gasteiger partial charge on any atom is -0.356 e. The first-order valence-corrected chi connectivity index (χ1v) is 9.27. The van der Waals surface area contributed by atoms with Crippen LogP contribution in [0.5, 0.6) is 0 Å². The second kappa shape index (κ2) is 9.64. The summed E-state index contributed by atoms with van der Waals surface area (Å²) in [4.78, 5) is 4.67. The SMILES string of the molecule is Cc1nnc(CNC(=NCc2ccccc2)NCCc2ccc(F)cc2)n1C. The van der Waals surface area contributed by atoms with E-state index in [1.54, 1.807) is 12.1 Å². The van der Waals surface area contributed by atoms with Crippen molar-refractivity contribution in [3.05, 3.63) is 83.2 Å². The fourth-order valence-electron chi connectivity index (χ4n) is 2.67. The average molecular weight is 380 g/mol. The maximum Gasteiger partial charge on any atom is 0.191 e. The summed E-state index contributed by atoms with van der Waals surface area (Å²) in [6, 6.07) is 16.6. The summed E-state index contributed by atoms with van der Waals surface area (Å²) in [7, 11) is 1.94. The first kappa shape index (κ1) is 19.5. The molecule has 7 heteroatoms. The number of benzene rings is 2. The summed E-state index contributed by atoms with van der Waals surface area (Å²) in [5.41, 5.74) is 2.21. The van der Waals surface area contributed by atoms with Gasteiger partial charge in [-0.1, -0.05) is 42.5 Å². The molecule has 0 saturated carbocycles. The Morgan fingerprint density at radius 1 is 1.00 bits per heavy atom. The number of nitrogens with zero attached hydrogens (tertiary/aromatic N) is 4. The van der Waals surface area contributed by atoms with Crippen molar-refractivity contribution in [1.82, 2.24) is 25.4 Å². The lowest BCUT2D eigenvalue weighted by molar-refractivity contribution is 0.626. The minimum absolute atomic E-state index is 0.220. The van der Waals surface area contributed by atoms with Crippen molar-refractivity contribution in [3.63, 3.8) is 0 Å². The highest BCUT2D eigenvalue weighted by atomic mass is 19.1.